The number of sulfonamides is 1. The first-order valence-corrected chi connectivity index (χ1v) is 14.4. The molecule has 0 spiro atoms. The normalized spacial score (nSPS) is 21.7. The van der Waals surface area contributed by atoms with E-state index < -0.39 is 21.7 Å². The van der Waals surface area contributed by atoms with E-state index >= 15 is 0 Å². The van der Waals surface area contributed by atoms with Gasteiger partial charge in [0.25, 0.3) is 0 Å². The molecule has 188 valence electrons. The number of nitrogens with zero attached hydrogens (tertiary/aromatic N) is 3. The largest absolute Gasteiger partial charge is 0.376 e. The standard InChI is InChI=1S/C25H29F2N3O3S2/c1-17-5-3-11-29(14-17)35(31,32)19-9-10-24-23(13-19)28-25(30(24)15-18-6-4-12-33-18)34-16-20-21(26)7-2-8-22(20)27/h2,7-10,13,17-18H,3-6,11-12,14-16H2,1H3. The van der Waals surface area contributed by atoms with Gasteiger partial charge in [-0.15, -0.1) is 0 Å². The van der Waals surface area contributed by atoms with Crippen LogP contribution in [0.1, 0.15) is 38.2 Å². The molecule has 1 aromatic heterocycles. The molecule has 2 saturated heterocycles. The Labute approximate surface area is 208 Å². The van der Waals surface area contributed by atoms with Crippen molar-refractivity contribution in [1.29, 1.82) is 0 Å². The molecule has 0 radical (unpaired) electrons. The number of rotatable bonds is 7. The third kappa shape index (κ3) is 5.12. The summed E-state index contributed by atoms with van der Waals surface area (Å²) in [7, 11) is -3.63. The van der Waals surface area contributed by atoms with Crippen LogP contribution in [0.2, 0.25) is 0 Å². The molecule has 3 aromatic rings. The van der Waals surface area contributed by atoms with Crippen molar-refractivity contribution >= 4 is 32.8 Å². The Hall–Kier alpha value is -2.01. The number of imidazole rings is 1. The molecule has 0 bridgehead atoms. The minimum Gasteiger partial charge on any atom is -0.376 e. The molecule has 6 nitrogen and oxygen atoms in total. The first kappa shape index (κ1) is 24.7. The molecule has 2 aromatic carbocycles. The second-order valence-corrected chi connectivity index (χ2v) is 12.3. The summed E-state index contributed by atoms with van der Waals surface area (Å²) in [6.45, 7) is 4.36. The smallest absolute Gasteiger partial charge is 0.243 e. The van der Waals surface area contributed by atoms with Crippen LogP contribution >= 0.6 is 11.8 Å². The molecule has 0 N–H and O–H groups in total. The van der Waals surface area contributed by atoms with E-state index in [1.165, 1.54) is 30.0 Å². The van der Waals surface area contributed by atoms with Crippen LogP contribution in [-0.2, 0) is 27.1 Å². The Balaban J connectivity index is 1.49. The van der Waals surface area contributed by atoms with E-state index in [1.807, 2.05) is 4.57 Å². The molecular weight excluding hydrogens is 492 g/mol. The molecule has 3 heterocycles. The fourth-order valence-corrected chi connectivity index (χ4v) is 7.51. The molecule has 2 aliphatic rings. The van der Waals surface area contributed by atoms with Crippen molar-refractivity contribution in [3.05, 3.63) is 53.6 Å². The molecule has 2 aliphatic heterocycles. The number of benzene rings is 2. The predicted molar refractivity (Wildman–Crippen MR) is 132 cm³/mol. The maximum absolute atomic E-state index is 14.2. The summed E-state index contributed by atoms with van der Waals surface area (Å²) < 4.78 is 64.4. The summed E-state index contributed by atoms with van der Waals surface area (Å²) in [4.78, 5) is 4.93. The van der Waals surface area contributed by atoms with Gasteiger partial charge < -0.3 is 9.30 Å². The van der Waals surface area contributed by atoms with Crippen LogP contribution in [0, 0.1) is 17.6 Å². The molecule has 2 unspecified atom stereocenters. The Morgan fingerprint density at radius 3 is 2.66 bits per heavy atom. The molecule has 0 aliphatic carbocycles. The van der Waals surface area contributed by atoms with Crippen molar-refractivity contribution < 1.29 is 21.9 Å². The minimum atomic E-state index is -3.63. The van der Waals surface area contributed by atoms with Crippen LogP contribution in [-0.4, -0.2) is 48.1 Å². The summed E-state index contributed by atoms with van der Waals surface area (Å²) in [6, 6.07) is 8.86. The zero-order valence-corrected chi connectivity index (χ0v) is 21.3. The quantitative estimate of drug-likeness (QED) is 0.400. The van der Waals surface area contributed by atoms with Gasteiger partial charge in [0.2, 0.25) is 10.0 Å². The summed E-state index contributed by atoms with van der Waals surface area (Å²) in [5.41, 5.74) is 1.32. The molecule has 0 saturated carbocycles. The Morgan fingerprint density at radius 1 is 1.14 bits per heavy atom. The third-order valence-corrected chi connectivity index (χ3v) is 9.62. The van der Waals surface area contributed by atoms with E-state index in [2.05, 4.69) is 6.92 Å². The number of ether oxygens (including phenoxy) is 1. The van der Waals surface area contributed by atoms with Gasteiger partial charge in [0.05, 0.1) is 28.6 Å². The van der Waals surface area contributed by atoms with Crippen molar-refractivity contribution in [3.63, 3.8) is 0 Å². The van der Waals surface area contributed by atoms with Gasteiger partial charge in [-0.1, -0.05) is 24.8 Å². The van der Waals surface area contributed by atoms with Gasteiger partial charge in [0.1, 0.15) is 11.6 Å². The summed E-state index contributed by atoms with van der Waals surface area (Å²) >= 11 is 1.24. The molecule has 0 amide bonds. The van der Waals surface area contributed by atoms with Gasteiger partial charge in [-0.25, -0.2) is 22.2 Å². The lowest BCUT2D eigenvalue weighted by molar-refractivity contribution is 0.0960. The molecule has 2 fully saturated rings. The first-order valence-electron chi connectivity index (χ1n) is 12.0. The van der Waals surface area contributed by atoms with Crippen LogP contribution < -0.4 is 0 Å². The Morgan fingerprint density at radius 2 is 1.94 bits per heavy atom. The van der Waals surface area contributed by atoms with Gasteiger partial charge in [-0.2, -0.15) is 4.31 Å². The van der Waals surface area contributed by atoms with Crippen LogP contribution in [0.4, 0.5) is 8.78 Å². The van der Waals surface area contributed by atoms with Gasteiger partial charge in [0, 0.05) is 31.0 Å². The fourth-order valence-electron chi connectivity index (χ4n) is 4.85. The number of aromatic nitrogens is 2. The van der Waals surface area contributed by atoms with Gasteiger partial charge >= 0.3 is 0 Å². The highest BCUT2D eigenvalue weighted by atomic mass is 32.2. The lowest BCUT2D eigenvalue weighted by Crippen LogP contribution is -2.39. The van der Waals surface area contributed by atoms with Crippen molar-refractivity contribution in [3.8, 4) is 0 Å². The van der Waals surface area contributed by atoms with Crippen LogP contribution in [0.3, 0.4) is 0 Å². The molecule has 35 heavy (non-hydrogen) atoms. The fraction of sp³-hybridized carbons (Fsp3) is 0.480. The average molecular weight is 522 g/mol. The minimum absolute atomic E-state index is 0.00397. The van der Waals surface area contributed by atoms with E-state index in [1.54, 1.807) is 22.5 Å². The van der Waals surface area contributed by atoms with E-state index in [-0.39, 0.29) is 22.3 Å². The number of thioether (sulfide) groups is 1. The van der Waals surface area contributed by atoms with E-state index in [0.717, 1.165) is 31.2 Å². The molecular formula is C25H29F2N3O3S2. The van der Waals surface area contributed by atoms with E-state index in [4.69, 9.17) is 9.72 Å². The highest BCUT2D eigenvalue weighted by Gasteiger charge is 2.29. The lowest BCUT2D eigenvalue weighted by Gasteiger charge is -2.30. The van der Waals surface area contributed by atoms with Crippen LogP contribution in [0.15, 0.2) is 46.5 Å². The highest BCUT2D eigenvalue weighted by molar-refractivity contribution is 7.98. The number of hydrogen-bond donors (Lipinski definition) is 0. The summed E-state index contributed by atoms with van der Waals surface area (Å²) in [5, 5.41) is 0.583. The van der Waals surface area contributed by atoms with Crippen LogP contribution in [0.5, 0.6) is 0 Å². The SMILES string of the molecule is CC1CCCN(S(=O)(=O)c2ccc3c(c2)nc(SCc2c(F)cccc2F)n3CC2CCCO2)C1. The zero-order valence-electron chi connectivity index (χ0n) is 19.6. The molecule has 2 atom stereocenters. The third-order valence-electron chi connectivity index (χ3n) is 6.76. The van der Waals surface area contributed by atoms with Crippen molar-refractivity contribution in [2.45, 2.75) is 61.1 Å². The van der Waals surface area contributed by atoms with E-state index in [0.29, 0.717) is 42.8 Å². The second kappa shape index (κ2) is 10.2. The van der Waals surface area contributed by atoms with Crippen molar-refractivity contribution in [2.75, 3.05) is 19.7 Å². The number of piperidine rings is 1. The summed E-state index contributed by atoms with van der Waals surface area (Å²) in [5.74, 6) is -0.786. The monoisotopic (exact) mass is 521 g/mol. The highest BCUT2D eigenvalue weighted by Crippen LogP contribution is 2.32. The number of fused-ring (bicyclic) bond motifs is 1. The summed E-state index contributed by atoms with van der Waals surface area (Å²) in [6.07, 6.45) is 3.81. The van der Waals surface area contributed by atoms with Gasteiger partial charge in [-0.3, -0.25) is 0 Å². The Bertz CT molecular complexity index is 1300. The van der Waals surface area contributed by atoms with Crippen molar-refractivity contribution in [2.24, 2.45) is 5.92 Å². The van der Waals surface area contributed by atoms with E-state index in [9.17, 15) is 17.2 Å². The zero-order chi connectivity index (χ0) is 24.6. The molecule has 10 heteroatoms. The maximum atomic E-state index is 14.2. The van der Waals surface area contributed by atoms with Crippen LogP contribution in [0.25, 0.3) is 11.0 Å². The maximum Gasteiger partial charge on any atom is 0.243 e. The molecule has 5 rings (SSSR count). The van der Waals surface area contributed by atoms with Gasteiger partial charge in [-0.05, 0) is 61.9 Å². The average Bonchev–Trinajstić information content (AvgIpc) is 3.47. The van der Waals surface area contributed by atoms with Crippen molar-refractivity contribution in [1.82, 2.24) is 13.9 Å². The number of hydrogen-bond acceptors (Lipinski definition) is 5. The predicted octanol–water partition coefficient (Wildman–Crippen LogP) is 5.21. The second-order valence-electron chi connectivity index (χ2n) is 9.39. The van der Waals surface area contributed by atoms with Gasteiger partial charge in [0.15, 0.2) is 5.16 Å². The Kier molecular flexibility index (Phi) is 7.16. The number of halogens is 2. The first-order chi connectivity index (χ1) is 16.8. The lowest BCUT2D eigenvalue weighted by atomic mass is 10.0. The topological polar surface area (TPSA) is 64.4 Å².